The molecule has 8 nitrogen and oxygen atoms in total. The van der Waals surface area contributed by atoms with E-state index in [9.17, 15) is 24.6 Å². The van der Waals surface area contributed by atoms with Crippen molar-refractivity contribution in [2.24, 2.45) is 5.92 Å². The molecule has 2 aliphatic rings. The first kappa shape index (κ1) is 19.6. The average molecular weight is 421 g/mol. The molecule has 1 aromatic carbocycles. The summed E-state index contributed by atoms with van der Waals surface area (Å²) in [6, 6.07) is 11.7. The number of rotatable bonds is 5. The molecule has 0 unspecified atom stereocenters. The maximum Gasteiger partial charge on any atom is 0.325 e. The summed E-state index contributed by atoms with van der Waals surface area (Å²) < 4.78 is 3.42. The van der Waals surface area contributed by atoms with Crippen LogP contribution in [0.4, 0.5) is 0 Å². The monoisotopic (exact) mass is 421 g/mol. The van der Waals surface area contributed by atoms with E-state index in [4.69, 9.17) is 0 Å². The number of fused-ring (bicyclic) bond motifs is 5. The summed E-state index contributed by atoms with van der Waals surface area (Å²) in [5, 5.41) is 20.2. The maximum atomic E-state index is 12.5. The van der Waals surface area contributed by atoms with Gasteiger partial charge in [0.05, 0.1) is 0 Å². The lowest BCUT2D eigenvalue weighted by atomic mass is 9.82. The fourth-order valence-electron chi connectivity index (χ4n) is 5.40. The molecular formula is C23H23N3O5. The molecule has 3 aromatic rings. The summed E-state index contributed by atoms with van der Waals surface area (Å²) in [7, 11) is 0. The predicted octanol–water partition coefficient (Wildman–Crippen LogP) is 2.13. The van der Waals surface area contributed by atoms with Gasteiger partial charge in [-0.1, -0.05) is 24.3 Å². The zero-order chi connectivity index (χ0) is 21.7. The van der Waals surface area contributed by atoms with Gasteiger partial charge in [0.1, 0.15) is 12.6 Å². The van der Waals surface area contributed by atoms with Crippen LogP contribution in [0.25, 0.3) is 10.9 Å². The number of hydrogen-bond donors (Lipinski definition) is 2. The second-order valence-corrected chi connectivity index (χ2v) is 8.52. The predicted molar refractivity (Wildman–Crippen MR) is 113 cm³/mol. The Balaban J connectivity index is 1.56. The van der Waals surface area contributed by atoms with Crippen molar-refractivity contribution in [1.29, 1.82) is 0 Å². The Hall–Kier alpha value is -3.39. The fourth-order valence-corrected chi connectivity index (χ4v) is 5.40. The van der Waals surface area contributed by atoms with Crippen molar-refractivity contribution in [2.75, 3.05) is 13.1 Å². The molecule has 4 heterocycles. The SMILES string of the molecule is O=C(O)Cn1cc([C@@H](C(=O)O)N2C[C@H]3C[C@@H](C2)c2cccc(=O)n2C3)c2ccccc21. The van der Waals surface area contributed by atoms with Crippen molar-refractivity contribution in [2.45, 2.75) is 31.5 Å². The van der Waals surface area contributed by atoms with Crippen LogP contribution in [-0.4, -0.2) is 49.3 Å². The van der Waals surface area contributed by atoms with Crippen molar-refractivity contribution in [3.63, 3.8) is 0 Å². The van der Waals surface area contributed by atoms with Crippen LogP contribution in [0.2, 0.25) is 0 Å². The molecule has 2 bridgehead atoms. The third kappa shape index (κ3) is 3.33. The Morgan fingerprint density at radius 3 is 2.61 bits per heavy atom. The minimum atomic E-state index is -0.978. The highest BCUT2D eigenvalue weighted by Gasteiger charge is 2.40. The summed E-state index contributed by atoms with van der Waals surface area (Å²) in [4.78, 5) is 38.1. The maximum absolute atomic E-state index is 12.5. The molecule has 0 aliphatic carbocycles. The highest BCUT2D eigenvalue weighted by Crippen LogP contribution is 2.40. The van der Waals surface area contributed by atoms with Crippen LogP contribution < -0.4 is 5.56 Å². The number of hydrogen-bond acceptors (Lipinski definition) is 4. The largest absolute Gasteiger partial charge is 0.480 e. The van der Waals surface area contributed by atoms with E-state index in [1.165, 1.54) is 0 Å². The molecular weight excluding hydrogens is 398 g/mol. The average Bonchev–Trinajstić information content (AvgIpc) is 3.06. The van der Waals surface area contributed by atoms with Crippen molar-refractivity contribution < 1.29 is 19.8 Å². The standard InChI is InChI=1S/C23H23N3O5/c27-20-7-3-6-18-15-8-14(10-26(18)20)9-25(11-15)22(23(30)31)17-12-24(13-21(28)29)19-5-2-1-4-16(17)19/h1-7,12,14-15,22H,8-11,13H2,(H,28,29)(H,30,31)/t14-,15+,22+/m1/s1. The molecule has 0 saturated carbocycles. The summed E-state index contributed by atoms with van der Waals surface area (Å²) in [6.07, 6.45) is 2.60. The Kier molecular flexibility index (Phi) is 4.66. The van der Waals surface area contributed by atoms with Crippen LogP contribution in [0.5, 0.6) is 0 Å². The number of pyridine rings is 1. The Labute approximate surface area is 177 Å². The van der Waals surface area contributed by atoms with Gasteiger partial charge in [-0.25, -0.2) is 0 Å². The van der Waals surface area contributed by atoms with E-state index in [2.05, 4.69) is 0 Å². The third-order valence-corrected chi connectivity index (χ3v) is 6.53. The highest BCUT2D eigenvalue weighted by molar-refractivity contribution is 5.90. The van der Waals surface area contributed by atoms with E-state index >= 15 is 0 Å². The first-order valence-corrected chi connectivity index (χ1v) is 10.4. The van der Waals surface area contributed by atoms with E-state index in [0.717, 1.165) is 17.5 Å². The Bertz CT molecular complexity index is 1240. The minimum absolute atomic E-state index is 0.00724. The van der Waals surface area contributed by atoms with Crippen molar-refractivity contribution in [3.05, 3.63) is 70.3 Å². The molecule has 8 heteroatoms. The van der Waals surface area contributed by atoms with Gasteiger partial charge in [0.15, 0.2) is 0 Å². The quantitative estimate of drug-likeness (QED) is 0.654. The van der Waals surface area contributed by atoms with Crippen LogP contribution in [0.3, 0.4) is 0 Å². The van der Waals surface area contributed by atoms with Gasteiger partial charge >= 0.3 is 11.9 Å². The highest BCUT2D eigenvalue weighted by atomic mass is 16.4. The molecule has 5 rings (SSSR count). The number of benzene rings is 1. The molecule has 1 saturated heterocycles. The van der Waals surface area contributed by atoms with Gasteiger partial charge in [0.2, 0.25) is 0 Å². The number of carboxylic acid groups (broad SMARTS) is 2. The van der Waals surface area contributed by atoms with Gasteiger partial charge in [-0.2, -0.15) is 0 Å². The van der Waals surface area contributed by atoms with Crippen LogP contribution in [0.15, 0.2) is 53.5 Å². The van der Waals surface area contributed by atoms with E-state index in [-0.39, 0.29) is 23.9 Å². The summed E-state index contributed by atoms with van der Waals surface area (Å²) in [5.74, 6) is -1.64. The van der Waals surface area contributed by atoms with Gasteiger partial charge in [-0.05, 0) is 24.5 Å². The van der Waals surface area contributed by atoms with Crippen molar-refractivity contribution in [3.8, 4) is 0 Å². The van der Waals surface area contributed by atoms with Crippen LogP contribution in [0, 0.1) is 5.92 Å². The molecule has 3 atom stereocenters. The molecule has 0 amide bonds. The molecule has 1 fully saturated rings. The van der Waals surface area contributed by atoms with E-state index in [1.54, 1.807) is 22.9 Å². The van der Waals surface area contributed by atoms with Crippen LogP contribution in [0.1, 0.15) is 29.6 Å². The molecule has 31 heavy (non-hydrogen) atoms. The minimum Gasteiger partial charge on any atom is -0.480 e. The summed E-state index contributed by atoms with van der Waals surface area (Å²) >= 11 is 0. The Morgan fingerprint density at radius 2 is 1.84 bits per heavy atom. The normalized spacial score (nSPS) is 21.5. The third-order valence-electron chi connectivity index (χ3n) is 6.53. The van der Waals surface area contributed by atoms with Crippen molar-refractivity contribution >= 4 is 22.8 Å². The molecule has 160 valence electrons. The summed E-state index contributed by atoms with van der Waals surface area (Å²) in [6.45, 7) is 1.48. The van der Waals surface area contributed by atoms with E-state index in [0.29, 0.717) is 30.7 Å². The lowest BCUT2D eigenvalue weighted by molar-refractivity contribution is -0.144. The van der Waals surface area contributed by atoms with Gasteiger partial charge in [-0.3, -0.25) is 19.3 Å². The first-order valence-electron chi connectivity index (χ1n) is 10.4. The van der Waals surface area contributed by atoms with Crippen LogP contribution in [-0.2, 0) is 22.7 Å². The first-order chi connectivity index (χ1) is 14.9. The van der Waals surface area contributed by atoms with Crippen molar-refractivity contribution in [1.82, 2.24) is 14.0 Å². The van der Waals surface area contributed by atoms with Gasteiger partial charge in [-0.15, -0.1) is 0 Å². The number of piperidine rings is 1. The van der Waals surface area contributed by atoms with Gasteiger partial charge in [0, 0.05) is 60.0 Å². The second-order valence-electron chi connectivity index (χ2n) is 8.52. The number of aromatic nitrogens is 2. The smallest absolute Gasteiger partial charge is 0.325 e. The number of nitrogens with zero attached hydrogens (tertiary/aromatic N) is 3. The topological polar surface area (TPSA) is 105 Å². The van der Waals surface area contributed by atoms with Crippen LogP contribution >= 0.6 is 0 Å². The molecule has 0 radical (unpaired) electrons. The number of carboxylic acids is 2. The fraction of sp³-hybridized carbons (Fsp3) is 0.348. The van der Waals surface area contributed by atoms with E-state index < -0.39 is 18.0 Å². The molecule has 2 aromatic heterocycles. The van der Waals surface area contributed by atoms with E-state index in [1.807, 2.05) is 39.8 Å². The molecule has 0 spiro atoms. The number of para-hydroxylation sites is 1. The van der Waals surface area contributed by atoms with Gasteiger partial charge < -0.3 is 19.3 Å². The number of aliphatic carboxylic acids is 2. The molecule has 2 aliphatic heterocycles. The zero-order valence-electron chi connectivity index (χ0n) is 16.8. The van der Waals surface area contributed by atoms with Gasteiger partial charge in [0.25, 0.3) is 5.56 Å². The molecule has 2 N–H and O–H groups in total. The second kappa shape index (κ2) is 7.39. The Morgan fingerprint density at radius 1 is 1.03 bits per heavy atom. The lowest BCUT2D eigenvalue weighted by Gasteiger charge is -2.44. The summed E-state index contributed by atoms with van der Waals surface area (Å²) in [5.41, 5.74) is 2.27. The lowest BCUT2D eigenvalue weighted by Crippen LogP contribution is -2.49. The number of carbonyl (C=O) groups is 2. The number of likely N-dealkylation sites (tertiary alicyclic amines) is 1. The zero-order valence-corrected chi connectivity index (χ0v) is 16.8.